The summed E-state index contributed by atoms with van der Waals surface area (Å²) in [4.78, 5) is -0.263. The smallest absolute Gasteiger partial charge is 0.207 e. The molecule has 100 valence electrons. The first-order chi connectivity index (χ1) is 8.34. The van der Waals surface area contributed by atoms with E-state index in [0.29, 0.717) is 10.4 Å². The van der Waals surface area contributed by atoms with Gasteiger partial charge in [-0.2, -0.15) is 4.31 Å². The first-order valence-corrected chi connectivity index (χ1v) is 8.00. The fraction of sp³-hybridized carbons (Fsp3) is 0.500. The van der Waals surface area contributed by atoms with E-state index >= 15 is 0 Å². The average molecular weight is 336 g/mol. The molecule has 0 aliphatic heterocycles. The Labute approximate surface area is 115 Å². The molecule has 2 rings (SSSR count). The molecule has 0 radical (unpaired) electrons. The second kappa shape index (κ2) is 4.90. The van der Waals surface area contributed by atoms with Gasteiger partial charge in [0.1, 0.15) is 10.7 Å². The summed E-state index contributed by atoms with van der Waals surface area (Å²) in [6.45, 7) is 1.87. The molecule has 18 heavy (non-hydrogen) atoms. The SMILES string of the molecule is CC(C1CC1)N(C)S(=O)(=O)c1ccc(Br)cc1F. The van der Waals surface area contributed by atoms with Crippen molar-refractivity contribution in [3.05, 3.63) is 28.5 Å². The summed E-state index contributed by atoms with van der Waals surface area (Å²) >= 11 is 3.11. The van der Waals surface area contributed by atoms with Crippen molar-refractivity contribution in [3.63, 3.8) is 0 Å². The van der Waals surface area contributed by atoms with Gasteiger partial charge in [0, 0.05) is 17.6 Å². The molecule has 1 saturated carbocycles. The van der Waals surface area contributed by atoms with Crippen LogP contribution in [-0.2, 0) is 10.0 Å². The molecule has 0 N–H and O–H groups in total. The predicted octanol–water partition coefficient (Wildman–Crippen LogP) is 3.01. The van der Waals surface area contributed by atoms with E-state index in [1.807, 2.05) is 6.92 Å². The largest absolute Gasteiger partial charge is 0.245 e. The van der Waals surface area contributed by atoms with Crippen molar-refractivity contribution in [2.75, 3.05) is 7.05 Å². The van der Waals surface area contributed by atoms with Gasteiger partial charge in [0.25, 0.3) is 0 Å². The summed E-state index contributed by atoms with van der Waals surface area (Å²) in [5.41, 5.74) is 0. The van der Waals surface area contributed by atoms with E-state index in [1.165, 1.54) is 29.6 Å². The van der Waals surface area contributed by atoms with E-state index < -0.39 is 15.8 Å². The molecule has 0 saturated heterocycles. The molecule has 1 atom stereocenters. The van der Waals surface area contributed by atoms with Crippen molar-refractivity contribution in [1.29, 1.82) is 0 Å². The topological polar surface area (TPSA) is 37.4 Å². The van der Waals surface area contributed by atoms with Crippen LogP contribution >= 0.6 is 15.9 Å². The van der Waals surface area contributed by atoms with Gasteiger partial charge in [0.2, 0.25) is 10.0 Å². The first kappa shape index (κ1) is 14.0. The van der Waals surface area contributed by atoms with E-state index in [1.54, 1.807) is 0 Å². The predicted molar refractivity (Wildman–Crippen MR) is 71.2 cm³/mol. The van der Waals surface area contributed by atoms with Crippen LogP contribution in [0.1, 0.15) is 19.8 Å². The van der Waals surface area contributed by atoms with Gasteiger partial charge in [0.15, 0.2) is 0 Å². The van der Waals surface area contributed by atoms with Crippen LogP contribution in [0.2, 0.25) is 0 Å². The number of benzene rings is 1. The van der Waals surface area contributed by atoms with Crippen LogP contribution in [0.15, 0.2) is 27.6 Å². The summed E-state index contributed by atoms with van der Waals surface area (Å²) in [6.07, 6.45) is 2.09. The molecule has 3 nitrogen and oxygen atoms in total. The van der Waals surface area contributed by atoms with E-state index in [-0.39, 0.29) is 10.9 Å². The van der Waals surface area contributed by atoms with Gasteiger partial charge in [-0.3, -0.25) is 0 Å². The normalized spacial score (nSPS) is 18.1. The lowest BCUT2D eigenvalue weighted by Gasteiger charge is -2.24. The Bertz CT molecular complexity index is 557. The quantitative estimate of drug-likeness (QED) is 0.848. The second-order valence-electron chi connectivity index (χ2n) is 4.67. The highest BCUT2D eigenvalue weighted by molar-refractivity contribution is 9.10. The van der Waals surface area contributed by atoms with Gasteiger partial charge in [0.05, 0.1) is 0 Å². The lowest BCUT2D eigenvalue weighted by molar-refractivity contribution is 0.355. The molecule has 1 aromatic carbocycles. The molecule has 1 aliphatic rings. The lowest BCUT2D eigenvalue weighted by atomic mass is 10.2. The molecule has 1 fully saturated rings. The minimum atomic E-state index is -3.75. The third-order valence-electron chi connectivity index (χ3n) is 3.43. The molecule has 1 unspecified atom stereocenters. The highest BCUT2D eigenvalue weighted by Gasteiger charge is 2.36. The Morgan fingerprint density at radius 2 is 2.06 bits per heavy atom. The van der Waals surface area contributed by atoms with Crippen LogP contribution in [0.4, 0.5) is 4.39 Å². The molecule has 0 amide bonds. The number of halogens is 2. The molecule has 0 bridgehead atoms. The molecular weight excluding hydrogens is 321 g/mol. The molecular formula is C12H15BrFNO2S. The van der Waals surface area contributed by atoms with E-state index in [2.05, 4.69) is 15.9 Å². The molecule has 0 aromatic heterocycles. The molecule has 6 heteroatoms. The van der Waals surface area contributed by atoms with Gasteiger partial charge in [-0.15, -0.1) is 0 Å². The van der Waals surface area contributed by atoms with Gasteiger partial charge >= 0.3 is 0 Å². The third-order valence-corrected chi connectivity index (χ3v) is 5.90. The zero-order valence-electron chi connectivity index (χ0n) is 10.2. The van der Waals surface area contributed by atoms with E-state index in [9.17, 15) is 12.8 Å². The first-order valence-electron chi connectivity index (χ1n) is 5.77. The number of rotatable bonds is 4. The maximum absolute atomic E-state index is 13.8. The number of hydrogen-bond acceptors (Lipinski definition) is 2. The van der Waals surface area contributed by atoms with Crippen LogP contribution in [0, 0.1) is 11.7 Å². The molecule has 0 spiro atoms. The summed E-state index contributed by atoms with van der Waals surface area (Å²) in [6, 6.07) is 3.91. The van der Waals surface area contributed by atoms with Gasteiger partial charge in [-0.05, 0) is 43.9 Å². The fourth-order valence-electron chi connectivity index (χ4n) is 1.93. The zero-order valence-corrected chi connectivity index (χ0v) is 12.6. The minimum Gasteiger partial charge on any atom is -0.207 e. The van der Waals surface area contributed by atoms with Gasteiger partial charge in [-0.25, -0.2) is 12.8 Å². The van der Waals surface area contributed by atoms with Crippen molar-refractivity contribution in [2.45, 2.75) is 30.7 Å². The van der Waals surface area contributed by atoms with Gasteiger partial charge < -0.3 is 0 Å². The Kier molecular flexibility index (Phi) is 3.80. The minimum absolute atomic E-state index is 0.0851. The summed E-state index contributed by atoms with van der Waals surface area (Å²) in [5.74, 6) is -0.317. The summed E-state index contributed by atoms with van der Waals surface area (Å²) in [5, 5.41) is 0. The third kappa shape index (κ3) is 2.60. The number of sulfonamides is 1. The standard InChI is InChI=1S/C12H15BrFNO2S/c1-8(9-3-4-9)15(2)18(16,17)12-6-5-10(13)7-11(12)14/h5-9H,3-4H2,1-2H3. The van der Waals surface area contributed by atoms with Crippen molar-refractivity contribution in [1.82, 2.24) is 4.31 Å². The number of hydrogen-bond donors (Lipinski definition) is 0. The molecule has 0 heterocycles. The van der Waals surface area contributed by atoms with Crippen molar-refractivity contribution < 1.29 is 12.8 Å². The fourth-order valence-corrected chi connectivity index (χ4v) is 3.73. The Hall–Kier alpha value is -0.460. The Balaban J connectivity index is 2.34. The monoisotopic (exact) mass is 335 g/mol. The highest BCUT2D eigenvalue weighted by Crippen LogP contribution is 2.36. The zero-order chi connectivity index (χ0) is 13.5. The van der Waals surface area contributed by atoms with Gasteiger partial charge in [-0.1, -0.05) is 15.9 Å². The van der Waals surface area contributed by atoms with E-state index in [4.69, 9.17) is 0 Å². The molecule has 1 aliphatic carbocycles. The van der Waals surface area contributed by atoms with Crippen molar-refractivity contribution in [2.24, 2.45) is 5.92 Å². The van der Waals surface area contributed by atoms with Crippen LogP contribution < -0.4 is 0 Å². The highest BCUT2D eigenvalue weighted by atomic mass is 79.9. The molecule has 1 aromatic rings. The van der Waals surface area contributed by atoms with Crippen molar-refractivity contribution in [3.8, 4) is 0 Å². The van der Waals surface area contributed by atoms with Crippen LogP contribution in [-0.4, -0.2) is 25.8 Å². The average Bonchev–Trinajstić information content (AvgIpc) is 3.10. The Morgan fingerprint density at radius 1 is 1.44 bits per heavy atom. The summed E-state index contributed by atoms with van der Waals surface area (Å²) < 4.78 is 40.2. The maximum Gasteiger partial charge on any atom is 0.245 e. The van der Waals surface area contributed by atoms with Crippen LogP contribution in [0.3, 0.4) is 0 Å². The summed E-state index contributed by atoms with van der Waals surface area (Å²) in [7, 11) is -2.24. The van der Waals surface area contributed by atoms with Crippen molar-refractivity contribution >= 4 is 26.0 Å². The van der Waals surface area contributed by atoms with Crippen LogP contribution in [0.25, 0.3) is 0 Å². The van der Waals surface area contributed by atoms with Crippen LogP contribution in [0.5, 0.6) is 0 Å². The number of nitrogens with zero attached hydrogens (tertiary/aromatic N) is 1. The maximum atomic E-state index is 13.8. The lowest BCUT2D eigenvalue weighted by Crippen LogP contribution is -2.36. The van der Waals surface area contributed by atoms with E-state index in [0.717, 1.165) is 12.8 Å². The second-order valence-corrected chi connectivity index (χ2v) is 7.56. The Morgan fingerprint density at radius 3 is 2.56 bits per heavy atom.